The van der Waals surface area contributed by atoms with Crippen molar-refractivity contribution in [2.75, 3.05) is 0 Å². The van der Waals surface area contributed by atoms with E-state index in [9.17, 15) is 4.79 Å². The average Bonchev–Trinajstić information content (AvgIpc) is 2.51. The van der Waals surface area contributed by atoms with Gasteiger partial charge in [-0.05, 0) is 55.0 Å². The number of aromatic nitrogens is 2. The number of rotatable bonds is 4. The van der Waals surface area contributed by atoms with Crippen LogP contribution in [0.25, 0.3) is 10.4 Å². The normalized spacial score (nSPS) is 10.8. The van der Waals surface area contributed by atoms with Gasteiger partial charge in [-0.3, -0.25) is 0 Å². The second kappa shape index (κ2) is 7.10. The Morgan fingerprint density at radius 1 is 1.25 bits per heavy atom. The molecule has 0 aliphatic rings. The molecule has 0 saturated heterocycles. The number of carbonyl (C=O) groups is 1. The summed E-state index contributed by atoms with van der Waals surface area (Å²) in [5.74, 6) is -0.382. The Hall–Kier alpha value is -2.92. The first kappa shape index (κ1) is 17.4. The predicted molar refractivity (Wildman–Crippen MR) is 90.0 cm³/mol. The second-order valence-electron chi connectivity index (χ2n) is 6.33. The fraction of sp³-hybridized carbons (Fsp3) is 0.353. The Labute approximate surface area is 140 Å². The van der Waals surface area contributed by atoms with Gasteiger partial charge in [-0.15, -0.1) is 10.2 Å². The van der Waals surface area contributed by atoms with Crippen LogP contribution < -0.4 is 0 Å². The lowest BCUT2D eigenvalue weighted by Crippen LogP contribution is -2.26. The van der Waals surface area contributed by atoms with E-state index < -0.39 is 11.6 Å². The summed E-state index contributed by atoms with van der Waals surface area (Å²) in [7, 11) is 0. The molecule has 7 nitrogen and oxygen atoms in total. The van der Waals surface area contributed by atoms with E-state index >= 15 is 0 Å². The van der Waals surface area contributed by atoms with Gasteiger partial charge in [0.25, 0.3) is 0 Å². The zero-order valence-corrected chi connectivity index (χ0v) is 14.1. The van der Waals surface area contributed by atoms with E-state index in [2.05, 4.69) is 20.2 Å². The number of nitrogens with zero attached hydrogens (tertiary/aromatic N) is 5. The standard InChI is InChI=1S/C17H19N5O2/c1-11-13(10-12-8-6-5-7-9-12)14(16(23)24-17(2,3)4)19-20-15(11)21-22-18/h5-9H,10H2,1-4H3. The third-order valence-corrected chi connectivity index (χ3v) is 3.27. The molecule has 0 unspecified atom stereocenters. The highest BCUT2D eigenvalue weighted by Crippen LogP contribution is 2.25. The summed E-state index contributed by atoms with van der Waals surface area (Å²) in [6.07, 6.45) is 0.463. The summed E-state index contributed by atoms with van der Waals surface area (Å²) < 4.78 is 5.41. The van der Waals surface area contributed by atoms with Gasteiger partial charge in [0, 0.05) is 11.3 Å². The van der Waals surface area contributed by atoms with Crippen LogP contribution in [0.5, 0.6) is 0 Å². The molecule has 0 spiro atoms. The van der Waals surface area contributed by atoms with E-state index in [4.69, 9.17) is 10.3 Å². The molecule has 0 amide bonds. The zero-order chi connectivity index (χ0) is 17.7. The molecule has 24 heavy (non-hydrogen) atoms. The molecule has 0 aliphatic heterocycles. The maximum atomic E-state index is 12.5. The first-order valence-electron chi connectivity index (χ1n) is 7.50. The largest absolute Gasteiger partial charge is 0.455 e. The lowest BCUT2D eigenvalue weighted by atomic mass is 9.99. The number of hydrogen-bond acceptors (Lipinski definition) is 5. The molecule has 2 rings (SSSR count). The number of carbonyl (C=O) groups excluding carboxylic acids is 1. The molecule has 124 valence electrons. The number of hydrogen-bond donors (Lipinski definition) is 0. The third-order valence-electron chi connectivity index (χ3n) is 3.27. The fourth-order valence-electron chi connectivity index (χ4n) is 2.19. The molecular formula is C17H19N5O2. The molecule has 0 radical (unpaired) electrons. The molecule has 1 aromatic heterocycles. The smallest absolute Gasteiger partial charge is 0.359 e. The van der Waals surface area contributed by atoms with Crippen molar-refractivity contribution in [3.05, 3.63) is 63.2 Å². The lowest BCUT2D eigenvalue weighted by molar-refractivity contribution is 0.00603. The topological polar surface area (TPSA) is 101 Å². The van der Waals surface area contributed by atoms with Gasteiger partial charge in [0.1, 0.15) is 5.60 Å². The summed E-state index contributed by atoms with van der Waals surface area (Å²) in [5.41, 5.74) is 10.4. The summed E-state index contributed by atoms with van der Waals surface area (Å²) >= 11 is 0. The average molecular weight is 325 g/mol. The minimum Gasteiger partial charge on any atom is -0.455 e. The molecule has 0 saturated carbocycles. The Bertz CT molecular complexity index is 791. The number of azide groups is 1. The zero-order valence-electron chi connectivity index (χ0n) is 14.1. The van der Waals surface area contributed by atoms with E-state index in [1.807, 2.05) is 30.3 Å². The third kappa shape index (κ3) is 4.30. The molecular weight excluding hydrogens is 306 g/mol. The molecule has 0 bridgehead atoms. The quantitative estimate of drug-likeness (QED) is 0.362. The highest BCUT2D eigenvalue weighted by atomic mass is 16.6. The molecule has 0 aliphatic carbocycles. The van der Waals surface area contributed by atoms with Crippen LogP contribution in [-0.4, -0.2) is 21.8 Å². The fourth-order valence-corrected chi connectivity index (χ4v) is 2.19. The van der Waals surface area contributed by atoms with Crippen LogP contribution in [0, 0.1) is 6.92 Å². The Morgan fingerprint density at radius 2 is 1.92 bits per heavy atom. The van der Waals surface area contributed by atoms with E-state index in [0.717, 1.165) is 5.56 Å². The minimum absolute atomic E-state index is 0.142. The van der Waals surface area contributed by atoms with Gasteiger partial charge in [-0.25, -0.2) is 4.79 Å². The molecule has 7 heteroatoms. The van der Waals surface area contributed by atoms with E-state index in [-0.39, 0.29) is 11.5 Å². The van der Waals surface area contributed by atoms with Crippen LogP contribution in [0.2, 0.25) is 0 Å². The van der Waals surface area contributed by atoms with E-state index in [1.54, 1.807) is 27.7 Å². The molecule has 0 N–H and O–H groups in total. The van der Waals surface area contributed by atoms with Crippen molar-refractivity contribution in [2.45, 2.75) is 39.7 Å². The summed E-state index contributed by atoms with van der Waals surface area (Å²) in [6.45, 7) is 7.12. The van der Waals surface area contributed by atoms with Gasteiger partial charge in [-0.1, -0.05) is 30.3 Å². The first-order valence-corrected chi connectivity index (χ1v) is 7.50. The van der Waals surface area contributed by atoms with Gasteiger partial charge in [-0.2, -0.15) is 0 Å². The lowest BCUT2D eigenvalue weighted by Gasteiger charge is -2.20. The van der Waals surface area contributed by atoms with Crippen LogP contribution in [0.3, 0.4) is 0 Å². The van der Waals surface area contributed by atoms with Gasteiger partial charge in [0.2, 0.25) is 0 Å². The van der Waals surface area contributed by atoms with Gasteiger partial charge in [0.05, 0.1) is 0 Å². The minimum atomic E-state index is -0.639. The Balaban J connectivity index is 2.51. The van der Waals surface area contributed by atoms with Crippen LogP contribution in [0.15, 0.2) is 35.4 Å². The molecule has 1 aromatic carbocycles. The first-order chi connectivity index (χ1) is 11.3. The maximum absolute atomic E-state index is 12.5. The van der Waals surface area contributed by atoms with E-state index in [0.29, 0.717) is 17.5 Å². The number of esters is 1. The Kier molecular flexibility index (Phi) is 5.16. The highest BCUT2D eigenvalue weighted by molar-refractivity contribution is 5.90. The highest BCUT2D eigenvalue weighted by Gasteiger charge is 2.24. The monoisotopic (exact) mass is 325 g/mol. The van der Waals surface area contributed by atoms with Crippen molar-refractivity contribution in [3.63, 3.8) is 0 Å². The number of benzene rings is 1. The number of ether oxygens (including phenoxy) is 1. The molecule has 0 atom stereocenters. The van der Waals surface area contributed by atoms with Crippen molar-refractivity contribution in [2.24, 2.45) is 5.11 Å². The van der Waals surface area contributed by atoms with Crippen molar-refractivity contribution in [1.82, 2.24) is 10.2 Å². The van der Waals surface area contributed by atoms with Crippen LogP contribution in [-0.2, 0) is 11.2 Å². The molecule has 2 aromatic rings. The molecule has 0 fully saturated rings. The van der Waals surface area contributed by atoms with Crippen LogP contribution >= 0.6 is 0 Å². The van der Waals surface area contributed by atoms with Crippen LogP contribution in [0.4, 0.5) is 5.82 Å². The van der Waals surface area contributed by atoms with Gasteiger partial charge >= 0.3 is 5.97 Å². The summed E-state index contributed by atoms with van der Waals surface area (Å²) in [6, 6.07) is 9.65. The van der Waals surface area contributed by atoms with Crippen molar-refractivity contribution >= 4 is 11.8 Å². The van der Waals surface area contributed by atoms with Gasteiger partial charge < -0.3 is 4.74 Å². The van der Waals surface area contributed by atoms with Crippen LogP contribution in [0.1, 0.15) is 48.0 Å². The Morgan fingerprint density at radius 3 is 2.50 bits per heavy atom. The predicted octanol–water partition coefficient (Wildman–Crippen LogP) is 4.27. The van der Waals surface area contributed by atoms with Crippen molar-refractivity contribution < 1.29 is 9.53 Å². The van der Waals surface area contributed by atoms with Crippen molar-refractivity contribution in [3.8, 4) is 0 Å². The summed E-state index contributed by atoms with van der Waals surface area (Å²) in [4.78, 5) is 15.2. The SMILES string of the molecule is Cc1c(N=[N+]=[N-])nnc(C(=O)OC(C)(C)C)c1Cc1ccccc1. The molecule has 1 heterocycles. The second-order valence-corrected chi connectivity index (χ2v) is 6.33. The van der Waals surface area contributed by atoms with Crippen molar-refractivity contribution in [1.29, 1.82) is 0 Å². The van der Waals surface area contributed by atoms with Gasteiger partial charge in [0.15, 0.2) is 11.5 Å². The summed E-state index contributed by atoms with van der Waals surface area (Å²) in [5, 5.41) is 11.3. The van der Waals surface area contributed by atoms with E-state index in [1.165, 1.54) is 0 Å². The maximum Gasteiger partial charge on any atom is 0.359 e.